The molecule has 1 atom stereocenters. The van der Waals surface area contributed by atoms with Gasteiger partial charge in [-0.25, -0.2) is 4.79 Å². The van der Waals surface area contributed by atoms with Gasteiger partial charge in [-0.1, -0.05) is 40.6 Å². The molecule has 15 heavy (non-hydrogen) atoms. The smallest absolute Gasteiger partial charge is 0.335 e. The Morgan fingerprint density at radius 2 is 2.00 bits per heavy atom. The van der Waals surface area contributed by atoms with Gasteiger partial charge in [-0.05, 0) is 24.6 Å². The molecule has 0 saturated heterocycles. The first kappa shape index (κ1) is 12.5. The number of aromatic carboxylic acids is 1. The van der Waals surface area contributed by atoms with Gasteiger partial charge in [0.1, 0.15) is 0 Å². The van der Waals surface area contributed by atoms with E-state index in [0.29, 0.717) is 10.8 Å². The highest BCUT2D eigenvalue weighted by Crippen LogP contribution is 2.37. The molecule has 0 aliphatic heterocycles. The van der Waals surface area contributed by atoms with E-state index >= 15 is 0 Å². The SMILES string of the molecule is CCSSC(C)c1ccc(C(=O)O)cc1. The molecule has 0 aromatic heterocycles. The van der Waals surface area contributed by atoms with Crippen LogP contribution in [-0.2, 0) is 0 Å². The minimum atomic E-state index is -0.871. The molecule has 82 valence electrons. The summed E-state index contributed by atoms with van der Waals surface area (Å²) in [6, 6.07) is 7.09. The van der Waals surface area contributed by atoms with Gasteiger partial charge in [0.2, 0.25) is 0 Å². The third-order valence-corrected chi connectivity index (χ3v) is 4.87. The number of hydrogen-bond donors (Lipinski definition) is 1. The summed E-state index contributed by atoms with van der Waals surface area (Å²) in [5, 5.41) is 9.15. The van der Waals surface area contributed by atoms with E-state index in [1.54, 1.807) is 12.1 Å². The molecule has 0 saturated carbocycles. The molecule has 0 fully saturated rings. The van der Waals surface area contributed by atoms with Crippen LogP contribution in [0.15, 0.2) is 24.3 Å². The van der Waals surface area contributed by atoms with Crippen LogP contribution < -0.4 is 0 Å². The summed E-state index contributed by atoms with van der Waals surface area (Å²) in [6.07, 6.45) is 0. The van der Waals surface area contributed by atoms with Crippen LogP contribution >= 0.6 is 21.6 Å². The van der Waals surface area contributed by atoms with Crippen molar-refractivity contribution in [1.82, 2.24) is 0 Å². The maximum Gasteiger partial charge on any atom is 0.335 e. The molecule has 1 unspecified atom stereocenters. The predicted octanol–water partition coefficient (Wildman–Crippen LogP) is 3.85. The third-order valence-electron chi connectivity index (χ3n) is 1.96. The van der Waals surface area contributed by atoms with E-state index in [-0.39, 0.29) is 0 Å². The Hall–Kier alpha value is -0.610. The topological polar surface area (TPSA) is 37.3 Å². The molecule has 2 nitrogen and oxygen atoms in total. The minimum Gasteiger partial charge on any atom is -0.478 e. The van der Waals surface area contributed by atoms with E-state index in [1.165, 1.54) is 5.56 Å². The molecule has 1 N–H and O–H groups in total. The van der Waals surface area contributed by atoms with Crippen molar-refractivity contribution in [3.63, 3.8) is 0 Å². The molecule has 0 spiro atoms. The summed E-state index contributed by atoms with van der Waals surface area (Å²) < 4.78 is 0. The normalized spacial score (nSPS) is 12.4. The molecule has 0 amide bonds. The minimum absolute atomic E-state index is 0.346. The number of hydrogen-bond acceptors (Lipinski definition) is 3. The maximum atomic E-state index is 10.6. The van der Waals surface area contributed by atoms with Crippen molar-refractivity contribution >= 4 is 27.6 Å². The van der Waals surface area contributed by atoms with Crippen LogP contribution in [0.1, 0.15) is 35.0 Å². The van der Waals surface area contributed by atoms with Crippen LogP contribution in [-0.4, -0.2) is 16.8 Å². The van der Waals surface area contributed by atoms with Crippen LogP contribution in [0.3, 0.4) is 0 Å². The molecule has 0 aliphatic rings. The summed E-state index contributed by atoms with van der Waals surface area (Å²) in [5.74, 6) is 0.215. The highest BCUT2D eigenvalue weighted by atomic mass is 33.1. The Balaban J connectivity index is 2.66. The van der Waals surface area contributed by atoms with Gasteiger partial charge >= 0.3 is 5.97 Å². The highest BCUT2D eigenvalue weighted by Gasteiger charge is 2.07. The Morgan fingerprint density at radius 3 is 2.47 bits per heavy atom. The zero-order chi connectivity index (χ0) is 11.3. The van der Waals surface area contributed by atoms with Crippen molar-refractivity contribution in [3.05, 3.63) is 35.4 Å². The van der Waals surface area contributed by atoms with E-state index in [9.17, 15) is 4.79 Å². The summed E-state index contributed by atoms with van der Waals surface area (Å²) in [4.78, 5) is 10.6. The lowest BCUT2D eigenvalue weighted by Gasteiger charge is -2.10. The summed E-state index contributed by atoms with van der Waals surface area (Å²) in [5.41, 5.74) is 1.52. The van der Waals surface area contributed by atoms with Gasteiger partial charge in [0.25, 0.3) is 0 Å². The van der Waals surface area contributed by atoms with Gasteiger partial charge in [0.05, 0.1) is 5.56 Å². The summed E-state index contributed by atoms with van der Waals surface area (Å²) in [6.45, 7) is 4.25. The van der Waals surface area contributed by atoms with Gasteiger partial charge in [-0.15, -0.1) is 0 Å². The van der Waals surface area contributed by atoms with Crippen molar-refractivity contribution in [2.24, 2.45) is 0 Å². The Morgan fingerprint density at radius 1 is 1.40 bits per heavy atom. The second kappa shape index (κ2) is 6.08. The fraction of sp³-hybridized carbons (Fsp3) is 0.364. The lowest BCUT2D eigenvalue weighted by Crippen LogP contribution is -1.96. The van der Waals surface area contributed by atoms with Crippen molar-refractivity contribution in [1.29, 1.82) is 0 Å². The van der Waals surface area contributed by atoms with Gasteiger partial charge in [-0.3, -0.25) is 0 Å². The van der Waals surface area contributed by atoms with Crippen LogP contribution in [0.2, 0.25) is 0 Å². The number of benzene rings is 1. The Labute approximate surface area is 97.9 Å². The number of carboxylic acids is 1. The van der Waals surface area contributed by atoms with Crippen molar-refractivity contribution in [2.45, 2.75) is 19.1 Å². The largest absolute Gasteiger partial charge is 0.478 e. The maximum absolute atomic E-state index is 10.6. The quantitative estimate of drug-likeness (QED) is 0.796. The Kier molecular flexibility index (Phi) is 5.05. The molecule has 0 heterocycles. The first-order chi connectivity index (χ1) is 7.15. The van der Waals surface area contributed by atoms with Gasteiger partial charge in [-0.2, -0.15) is 0 Å². The molecule has 0 bridgehead atoms. The van der Waals surface area contributed by atoms with E-state index in [4.69, 9.17) is 5.11 Å². The molecule has 0 aliphatic carbocycles. The zero-order valence-electron chi connectivity index (χ0n) is 8.77. The zero-order valence-corrected chi connectivity index (χ0v) is 10.4. The first-order valence-electron chi connectivity index (χ1n) is 4.76. The van der Waals surface area contributed by atoms with E-state index in [1.807, 2.05) is 33.7 Å². The van der Waals surface area contributed by atoms with Crippen LogP contribution in [0.5, 0.6) is 0 Å². The van der Waals surface area contributed by atoms with E-state index in [0.717, 1.165) is 5.75 Å². The van der Waals surface area contributed by atoms with Gasteiger partial charge in [0, 0.05) is 11.0 Å². The molecule has 4 heteroatoms. The molecule has 1 aromatic rings. The lowest BCUT2D eigenvalue weighted by molar-refractivity contribution is 0.0697. The second-order valence-corrected chi connectivity index (χ2v) is 6.07. The molecular weight excluding hydrogens is 228 g/mol. The van der Waals surface area contributed by atoms with Gasteiger partial charge in [0.15, 0.2) is 0 Å². The van der Waals surface area contributed by atoms with Crippen LogP contribution in [0.25, 0.3) is 0 Å². The van der Waals surface area contributed by atoms with Crippen molar-refractivity contribution < 1.29 is 9.90 Å². The molecular formula is C11H14O2S2. The second-order valence-electron chi connectivity index (χ2n) is 3.07. The van der Waals surface area contributed by atoms with Crippen molar-refractivity contribution in [3.8, 4) is 0 Å². The highest BCUT2D eigenvalue weighted by molar-refractivity contribution is 8.76. The lowest BCUT2D eigenvalue weighted by atomic mass is 10.1. The summed E-state index contributed by atoms with van der Waals surface area (Å²) >= 11 is 0. The summed E-state index contributed by atoms with van der Waals surface area (Å²) in [7, 11) is 3.63. The standard InChI is InChI=1S/C11H14O2S2/c1-3-14-15-8(2)9-4-6-10(7-5-9)11(12)13/h4-8H,3H2,1-2H3,(H,12,13). The average molecular weight is 242 g/mol. The number of rotatable bonds is 5. The molecule has 0 radical (unpaired) electrons. The fourth-order valence-corrected chi connectivity index (χ4v) is 3.08. The predicted molar refractivity (Wildman–Crippen MR) is 67.5 cm³/mol. The molecule has 1 rings (SSSR count). The van der Waals surface area contributed by atoms with E-state index in [2.05, 4.69) is 13.8 Å². The van der Waals surface area contributed by atoms with Crippen LogP contribution in [0, 0.1) is 0 Å². The third kappa shape index (κ3) is 3.80. The van der Waals surface area contributed by atoms with E-state index < -0.39 is 5.97 Å². The monoisotopic (exact) mass is 242 g/mol. The van der Waals surface area contributed by atoms with Crippen molar-refractivity contribution in [2.75, 3.05) is 5.75 Å². The van der Waals surface area contributed by atoms with Crippen LogP contribution in [0.4, 0.5) is 0 Å². The molecule has 1 aromatic carbocycles. The Bertz CT molecular complexity index is 322. The van der Waals surface area contributed by atoms with Gasteiger partial charge < -0.3 is 5.11 Å². The first-order valence-corrected chi connectivity index (χ1v) is 7.15. The number of carbonyl (C=O) groups is 1. The average Bonchev–Trinajstić information content (AvgIpc) is 2.26. The fourth-order valence-electron chi connectivity index (χ4n) is 1.12. The number of carboxylic acid groups (broad SMARTS) is 1.